The van der Waals surface area contributed by atoms with Gasteiger partial charge in [-0.1, -0.05) is 0 Å². The lowest BCUT2D eigenvalue weighted by Gasteiger charge is -2.30. The van der Waals surface area contributed by atoms with Gasteiger partial charge in [0.2, 0.25) is 0 Å². The highest BCUT2D eigenvalue weighted by Gasteiger charge is 2.17. The van der Waals surface area contributed by atoms with Crippen LogP contribution in [0.15, 0.2) is 21.2 Å². The van der Waals surface area contributed by atoms with Crippen molar-refractivity contribution in [2.45, 2.75) is 6.10 Å². The van der Waals surface area contributed by atoms with Crippen LogP contribution in [0.1, 0.15) is 0 Å². The Morgan fingerprint density at radius 3 is 3.12 bits per heavy atom. The van der Waals surface area contributed by atoms with E-state index in [-0.39, 0.29) is 6.10 Å². The molecule has 0 aromatic carbocycles. The van der Waals surface area contributed by atoms with E-state index in [1.54, 1.807) is 6.20 Å². The summed E-state index contributed by atoms with van der Waals surface area (Å²) in [6, 6.07) is 1.98. The lowest BCUT2D eigenvalue weighted by atomic mass is 10.3. The molecule has 4 nitrogen and oxygen atoms in total. The molecular weight excluding hydrogens is 350 g/mol. The summed E-state index contributed by atoms with van der Waals surface area (Å²) in [6.07, 6.45) is 2.01. The molecule has 0 spiro atoms. The third kappa shape index (κ3) is 3.91. The molecule has 0 aliphatic carbocycles. The summed E-state index contributed by atoms with van der Waals surface area (Å²) in [7, 11) is 2.11. The van der Waals surface area contributed by atoms with Gasteiger partial charge in [-0.25, -0.2) is 4.98 Å². The molecule has 1 atom stereocenters. The van der Waals surface area contributed by atoms with Crippen LogP contribution < -0.4 is 5.32 Å². The number of anilines is 1. The standard InChI is InChI=1S/C11H15Br2N3O/c1-16-2-3-17-9(7-16)6-15-11-10(13)4-8(12)5-14-11/h4-5,9H,2-3,6-7H2,1H3,(H,14,15). The molecule has 2 rings (SSSR count). The predicted octanol–water partition coefficient (Wildman–Crippen LogP) is 2.35. The van der Waals surface area contributed by atoms with E-state index in [0.29, 0.717) is 0 Å². The monoisotopic (exact) mass is 363 g/mol. The maximum absolute atomic E-state index is 5.68. The van der Waals surface area contributed by atoms with Gasteiger partial charge in [-0.05, 0) is 45.0 Å². The number of hydrogen-bond acceptors (Lipinski definition) is 4. The van der Waals surface area contributed by atoms with Crippen LogP contribution in [-0.4, -0.2) is 49.3 Å². The topological polar surface area (TPSA) is 37.4 Å². The lowest BCUT2D eigenvalue weighted by Crippen LogP contribution is -2.43. The summed E-state index contributed by atoms with van der Waals surface area (Å²) < 4.78 is 7.59. The van der Waals surface area contributed by atoms with Crippen LogP contribution in [0.2, 0.25) is 0 Å². The highest BCUT2D eigenvalue weighted by Crippen LogP contribution is 2.23. The zero-order valence-corrected chi connectivity index (χ0v) is 12.8. The molecule has 6 heteroatoms. The molecule has 0 bridgehead atoms. The van der Waals surface area contributed by atoms with Gasteiger partial charge in [-0.3, -0.25) is 0 Å². The Labute approximate surface area is 118 Å². The summed E-state index contributed by atoms with van der Waals surface area (Å²) in [5.41, 5.74) is 0. The van der Waals surface area contributed by atoms with E-state index < -0.39 is 0 Å². The van der Waals surface area contributed by atoms with E-state index >= 15 is 0 Å². The van der Waals surface area contributed by atoms with Crippen molar-refractivity contribution in [1.29, 1.82) is 0 Å². The summed E-state index contributed by atoms with van der Waals surface area (Å²) in [4.78, 5) is 6.58. The molecule has 2 heterocycles. The van der Waals surface area contributed by atoms with Crippen molar-refractivity contribution in [2.24, 2.45) is 0 Å². The van der Waals surface area contributed by atoms with Crippen LogP contribution in [0.25, 0.3) is 0 Å². The van der Waals surface area contributed by atoms with Crippen molar-refractivity contribution in [3.63, 3.8) is 0 Å². The maximum Gasteiger partial charge on any atom is 0.140 e. The zero-order valence-electron chi connectivity index (χ0n) is 9.62. The molecule has 1 aromatic rings. The van der Waals surface area contributed by atoms with E-state index in [1.807, 2.05) is 6.07 Å². The van der Waals surface area contributed by atoms with Gasteiger partial charge in [-0.15, -0.1) is 0 Å². The Morgan fingerprint density at radius 1 is 1.59 bits per heavy atom. The quantitative estimate of drug-likeness (QED) is 0.893. The van der Waals surface area contributed by atoms with E-state index in [1.165, 1.54) is 0 Å². The Morgan fingerprint density at radius 2 is 2.41 bits per heavy atom. The average molecular weight is 365 g/mol. The molecule has 0 radical (unpaired) electrons. The van der Waals surface area contributed by atoms with Gasteiger partial charge in [0.25, 0.3) is 0 Å². The zero-order chi connectivity index (χ0) is 12.3. The molecule has 1 saturated heterocycles. The van der Waals surface area contributed by atoms with Crippen LogP contribution in [0.5, 0.6) is 0 Å². The first-order chi connectivity index (χ1) is 8.15. The summed E-state index contributed by atoms with van der Waals surface area (Å²) >= 11 is 6.86. The van der Waals surface area contributed by atoms with Crippen LogP contribution in [0.4, 0.5) is 5.82 Å². The average Bonchev–Trinajstić information content (AvgIpc) is 2.28. The van der Waals surface area contributed by atoms with Gasteiger partial charge in [0.15, 0.2) is 0 Å². The van der Waals surface area contributed by atoms with E-state index in [4.69, 9.17) is 4.74 Å². The largest absolute Gasteiger partial charge is 0.374 e. The number of morpholine rings is 1. The van der Waals surface area contributed by atoms with Crippen LogP contribution in [0, 0.1) is 0 Å². The third-order valence-electron chi connectivity index (χ3n) is 2.65. The number of hydrogen-bond donors (Lipinski definition) is 1. The Kier molecular flexibility index (Phi) is 4.78. The summed E-state index contributed by atoms with van der Waals surface area (Å²) in [6.45, 7) is 3.55. The molecule has 1 aromatic heterocycles. The first kappa shape index (κ1) is 13.3. The number of nitrogens with one attached hydrogen (secondary N) is 1. The highest BCUT2D eigenvalue weighted by atomic mass is 79.9. The molecule has 0 amide bonds. The molecule has 94 valence electrons. The minimum absolute atomic E-state index is 0.228. The Hall–Kier alpha value is -0.170. The molecular formula is C11H15Br2N3O. The fraction of sp³-hybridized carbons (Fsp3) is 0.545. The molecule has 17 heavy (non-hydrogen) atoms. The minimum Gasteiger partial charge on any atom is -0.374 e. The molecule has 1 fully saturated rings. The number of halogens is 2. The second kappa shape index (κ2) is 6.13. The number of likely N-dealkylation sites (N-methyl/N-ethyl adjacent to an activating group) is 1. The molecule has 0 saturated carbocycles. The second-order valence-corrected chi connectivity index (χ2v) is 5.89. The normalized spacial score (nSPS) is 21.5. The molecule has 1 aliphatic rings. The van der Waals surface area contributed by atoms with Crippen LogP contribution >= 0.6 is 31.9 Å². The van der Waals surface area contributed by atoms with Crippen LogP contribution in [0.3, 0.4) is 0 Å². The third-order valence-corrected chi connectivity index (χ3v) is 3.69. The van der Waals surface area contributed by atoms with Crippen molar-refractivity contribution < 1.29 is 4.74 Å². The van der Waals surface area contributed by atoms with Crippen molar-refractivity contribution >= 4 is 37.7 Å². The Bertz CT molecular complexity index is 389. The van der Waals surface area contributed by atoms with Gasteiger partial charge >= 0.3 is 0 Å². The first-order valence-electron chi connectivity index (χ1n) is 5.50. The molecule has 1 N–H and O–H groups in total. The highest BCUT2D eigenvalue weighted by molar-refractivity contribution is 9.11. The Balaban J connectivity index is 1.88. The lowest BCUT2D eigenvalue weighted by molar-refractivity contribution is -0.0117. The fourth-order valence-electron chi connectivity index (χ4n) is 1.75. The number of ether oxygens (including phenoxy) is 1. The molecule has 1 unspecified atom stereocenters. The molecule has 1 aliphatic heterocycles. The second-order valence-electron chi connectivity index (χ2n) is 4.12. The SMILES string of the molecule is CN1CCOC(CNc2ncc(Br)cc2Br)C1. The van der Waals surface area contributed by atoms with Crippen molar-refractivity contribution in [1.82, 2.24) is 9.88 Å². The summed E-state index contributed by atoms with van der Waals surface area (Å²) in [5, 5.41) is 3.30. The van der Waals surface area contributed by atoms with Crippen molar-refractivity contribution in [3.05, 3.63) is 21.2 Å². The first-order valence-corrected chi connectivity index (χ1v) is 7.09. The number of pyridine rings is 1. The van der Waals surface area contributed by atoms with Crippen molar-refractivity contribution in [3.8, 4) is 0 Å². The van der Waals surface area contributed by atoms with E-state index in [9.17, 15) is 0 Å². The van der Waals surface area contributed by atoms with Gasteiger partial charge < -0.3 is 15.0 Å². The minimum atomic E-state index is 0.228. The predicted molar refractivity (Wildman–Crippen MR) is 75.4 cm³/mol. The number of rotatable bonds is 3. The van der Waals surface area contributed by atoms with E-state index in [2.05, 4.69) is 54.1 Å². The van der Waals surface area contributed by atoms with Crippen molar-refractivity contribution in [2.75, 3.05) is 38.6 Å². The van der Waals surface area contributed by atoms with Gasteiger partial charge in [0.1, 0.15) is 5.82 Å². The van der Waals surface area contributed by atoms with Gasteiger partial charge in [-0.2, -0.15) is 0 Å². The van der Waals surface area contributed by atoms with E-state index in [0.717, 1.165) is 41.0 Å². The van der Waals surface area contributed by atoms with Gasteiger partial charge in [0, 0.05) is 30.3 Å². The van der Waals surface area contributed by atoms with Gasteiger partial charge in [0.05, 0.1) is 17.2 Å². The fourth-order valence-corrected chi connectivity index (χ4v) is 2.87. The number of nitrogens with zero attached hydrogens (tertiary/aromatic N) is 2. The smallest absolute Gasteiger partial charge is 0.140 e. The maximum atomic E-state index is 5.68. The van der Waals surface area contributed by atoms with Crippen LogP contribution in [-0.2, 0) is 4.74 Å². The summed E-state index contributed by atoms with van der Waals surface area (Å²) in [5.74, 6) is 0.852. The number of aromatic nitrogens is 1.